The maximum atomic E-state index is 12.5. The number of benzene rings is 2. The maximum Gasteiger partial charge on any atom is 0.244 e. The highest BCUT2D eigenvalue weighted by Crippen LogP contribution is 2.24. The van der Waals surface area contributed by atoms with Crippen LogP contribution in [-0.2, 0) is 16.4 Å². The van der Waals surface area contributed by atoms with Gasteiger partial charge in [0.15, 0.2) is 0 Å². The lowest BCUT2D eigenvalue weighted by Gasteiger charge is -2.18. The zero-order valence-electron chi connectivity index (χ0n) is 12.5. The van der Waals surface area contributed by atoms with Crippen molar-refractivity contribution in [3.63, 3.8) is 0 Å². The van der Waals surface area contributed by atoms with E-state index >= 15 is 0 Å². The maximum absolute atomic E-state index is 12.5. The number of sulfonamides is 1. The van der Waals surface area contributed by atoms with E-state index in [1.807, 2.05) is 24.3 Å². The molecule has 2 aromatic rings. The average Bonchev–Trinajstić information content (AvgIpc) is 2.53. The summed E-state index contributed by atoms with van der Waals surface area (Å²) in [4.78, 5) is 0.124. The van der Waals surface area contributed by atoms with Crippen molar-refractivity contribution in [2.75, 3.05) is 20.7 Å². The fourth-order valence-corrected chi connectivity index (χ4v) is 3.79. The van der Waals surface area contributed by atoms with Crippen LogP contribution in [-0.4, -0.2) is 33.4 Å². The fourth-order valence-electron chi connectivity index (χ4n) is 2.13. The predicted octanol–water partition coefficient (Wildman–Crippen LogP) is 3.21. The van der Waals surface area contributed by atoms with Gasteiger partial charge in [-0.1, -0.05) is 41.9 Å². The van der Waals surface area contributed by atoms with Crippen molar-refractivity contribution in [1.29, 1.82) is 0 Å². The number of hydrogen-bond donors (Lipinski definition) is 0. The van der Waals surface area contributed by atoms with Crippen molar-refractivity contribution in [2.45, 2.75) is 11.3 Å². The Morgan fingerprint density at radius 2 is 1.73 bits per heavy atom. The van der Waals surface area contributed by atoms with Crippen LogP contribution in [0.5, 0.6) is 5.75 Å². The molecule has 6 heteroatoms. The summed E-state index contributed by atoms with van der Waals surface area (Å²) in [6.45, 7) is 0.341. The third-order valence-corrected chi connectivity index (χ3v) is 5.77. The second kappa shape index (κ2) is 7.13. The summed E-state index contributed by atoms with van der Waals surface area (Å²) < 4.78 is 31.7. The molecule has 118 valence electrons. The van der Waals surface area contributed by atoms with Crippen LogP contribution in [0, 0.1) is 0 Å². The second-order valence-electron chi connectivity index (χ2n) is 4.82. The quantitative estimate of drug-likeness (QED) is 0.811. The molecule has 0 N–H and O–H groups in total. The number of methoxy groups -OCH3 is 1. The van der Waals surface area contributed by atoms with E-state index in [0.29, 0.717) is 13.0 Å². The van der Waals surface area contributed by atoms with Crippen LogP contribution in [0.25, 0.3) is 0 Å². The summed E-state index contributed by atoms with van der Waals surface area (Å²) in [7, 11) is -0.449. The van der Waals surface area contributed by atoms with Crippen molar-refractivity contribution >= 4 is 21.6 Å². The van der Waals surface area contributed by atoms with E-state index in [1.54, 1.807) is 32.4 Å². The summed E-state index contributed by atoms with van der Waals surface area (Å²) in [6.07, 6.45) is 0.560. The van der Waals surface area contributed by atoms with E-state index in [1.165, 1.54) is 10.4 Å². The molecule has 0 heterocycles. The second-order valence-corrected chi connectivity index (χ2v) is 7.24. The molecule has 0 radical (unpaired) electrons. The van der Waals surface area contributed by atoms with Gasteiger partial charge in [-0.3, -0.25) is 0 Å². The van der Waals surface area contributed by atoms with Crippen molar-refractivity contribution < 1.29 is 13.2 Å². The Bertz CT molecular complexity index is 747. The predicted molar refractivity (Wildman–Crippen MR) is 88.0 cm³/mol. The van der Waals surface area contributed by atoms with Crippen molar-refractivity contribution in [2.24, 2.45) is 0 Å². The molecule has 0 saturated carbocycles. The smallest absolute Gasteiger partial charge is 0.244 e. The summed E-state index contributed by atoms with van der Waals surface area (Å²) in [6, 6.07) is 14.0. The SMILES string of the molecule is COc1ccccc1CCN(C)S(=O)(=O)c1ccccc1Cl. The number of rotatable bonds is 6. The summed E-state index contributed by atoms with van der Waals surface area (Å²) in [5.41, 5.74) is 0.964. The van der Waals surface area contributed by atoms with Gasteiger partial charge in [-0.25, -0.2) is 12.7 Å². The van der Waals surface area contributed by atoms with E-state index < -0.39 is 10.0 Å². The Morgan fingerprint density at radius 3 is 2.41 bits per heavy atom. The highest BCUT2D eigenvalue weighted by molar-refractivity contribution is 7.89. The summed E-state index contributed by atoms with van der Waals surface area (Å²) >= 11 is 5.99. The molecule has 4 nitrogen and oxygen atoms in total. The Balaban J connectivity index is 2.15. The van der Waals surface area contributed by atoms with Crippen molar-refractivity contribution in [3.8, 4) is 5.75 Å². The van der Waals surface area contributed by atoms with Crippen LogP contribution in [0.3, 0.4) is 0 Å². The highest BCUT2D eigenvalue weighted by atomic mass is 35.5. The van der Waals surface area contributed by atoms with Gasteiger partial charge in [0.25, 0.3) is 0 Å². The molecular formula is C16H18ClNO3S. The first-order chi connectivity index (χ1) is 10.5. The molecule has 22 heavy (non-hydrogen) atoms. The monoisotopic (exact) mass is 339 g/mol. The minimum Gasteiger partial charge on any atom is -0.496 e. The zero-order chi connectivity index (χ0) is 16.2. The first-order valence-electron chi connectivity index (χ1n) is 6.79. The number of hydrogen-bond acceptors (Lipinski definition) is 3. The third kappa shape index (κ3) is 3.61. The standard InChI is InChI=1S/C16H18ClNO3S/c1-18(12-11-13-7-3-5-9-15(13)21-2)22(19,20)16-10-6-4-8-14(16)17/h3-10H,11-12H2,1-2H3. The molecule has 0 fully saturated rings. The molecule has 0 unspecified atom stereocenters. The van der Waals surface area contributed by atoms with Crippen molar-refractivity contribution in [3.05, 3.63) is 59.1 Å². The molecule has 2 rings (SSSR count). The number of halogens is 1. The van der Waals surface area contributed by atoms with Crippen LogP contribution in [0.2, 0.25) is 5.02 Å². The molecule has 0 aliphatic carbocycles. The average molecular weight is 340 g/mol. The molecular weight excluding hydrogens is 322 g/mol. The minimum absolute atomic E-state index is 0.124. The molecule has 0 saturated heterocycles. The van der Waals surface area contributed by atoms with Crippen LogP contribution < -0.4 is 4.74 Å². The lowest BCUT2D eigenvalue weighted by molar-refractivity contribution is 0.406. The number of ether oxygens (including phenoxy) is 1. The van der Waals surface area contributed by atoms with E-state index in [0.717, 1.165) is 11.3 Å². The Labute approximate surface area is 136 Å². The lowest BCUT2D eigenvalue weighted by atomic mass is 10.1. The summed E-state index contributed by atoms with van der Waals surface area (Å²) in [5.74, 6) is 0.756. The van der Waals surface area contributed by atoms with Gasteiger partial charge < -0.3 is 4.74 Å². The zero-order valence-corrected chi connectivity index (χ0v) is 14.1. The first kappa shape index (κ1) is 16.8. The number of para-hydroxylation sites is 1. The number of likely N-dealkylation sites (N-methyl/N-ethyl adjacent to an activating group) is 1. The summed E-state index contributed by atoms with van der Waals surface area (Å²) in [5, 5.41) is 0.228. The van der Waals surface area contributed by atoms with E-state index in [4.69, 9.17) is 16.3 Å². The Morgan fingerprint density at radius 1 is 1.09 bits per heavy atom. The van der Waals surface area contributed by atoms with Gasteiger partial charge in [0.1, 0.15) is 10.6 Å². The van der Waals surface area contributed by atoms with Gasteiger partial charge in [0.2, 0.25) is 10.0 Å². The molecule has 0 bridgehead atoms. The molecule has 0 aromatic heterocycles. The lowest BCUT2D eigenvalue weighted by Crippen LogP contribution is -2.29. The van der Waals surface area contributed by atoms with Gasteiger partial charge in [0.05, 0.1) is 12.1 Å². The molecule has 0 atom stereocenters. The Kier molecular flexibility index (Phi) is 5.45. The number of nitrogens with zero attached hydrogens (tertiary/aromatic N) is 1. The topological polar surface area (TPSA) is 46.6 Å². The molecule has 0 aliphatic rings. The molecule has 0 aliphatic heterocycles. The minimum atomic E-state index is -3.60. The van der Waals surface area contributed by atoms with Gasteiger partial charge in [-0.05, 0) is 30.2 Å². The molecule has 2 aromatic carbocycles. The van der Waals surface area contributed by atoms with E-state index in [-0.39, 0.29) is 9.92 Å². The van der Waals surface area contributed by atoms with Crippen molar-refractivity contribution in [1.82, 2.24) is 4.31 Å². The molecule has 0 spiro atoms. The van der Waals surface area contributed by atoms with Gasteiger partial charge in [-0.2, -0.15) is 0 Å². The fraction of sp³-hybridized carbons (Fsp3) is 0.250. The van der Waals surface area contributed by atoms with Gasteiger partial charge in [0, 0.05) is 13.6 Å². The van der Waals surface area contributed by atoms with Crippen LogP contribution in [0.1, 0.15) is 5.56 Å². The van der Waals surface area contributed by atoms with Gasteiger partial charge in [-0.15, -0.1) is 0 Å². The molecule has 0 amide bonds. The first-order valence-corrected chi connectivity index (χ1v) is 8.61. The van der Waals surface area contributed by atoms with E-state index in [9.17, 15) is 8.42 Å². The Hall–Kier alpha value is -1.56. The van der Waals surface area contributed by atoms with Crippen LogP contribution >= 0.6 is 11.6 Å². The van der Waals surface area contributed by atoms with E-state index in [2.05, 4.69) is 0 Å². The third-order valence-electron chi connectivity index (χ3n) is 3.41. The highest BCUT2D eigenvalue weighted by Gasteiger charge is 2.23. The normalized spacial score (nSPS) is 11.6. The van der Waals surface area contributed by atoms with Gasteiger partial charge >= 0.3 is 0 Å². The van der Waals surface area contributed by atoms with Crippen LogP contribution in [0.15, 0.2) is 53.4 Å². The van der Waals surface area contributed by atoms with Crippen LogP contribution in [0.4, 0.5) is 0 Å². The largest absolute Gasteiger partial charge is 0.496 e.